The Labute approximate surface area is 198 Å². The van der Waals surface area contributed by atoms with Gasteiger partial charge in [-0.1, -0.05) is 74.5 Å². The molecule has 1 N–H and O–H groups in total. The highest BCUT2D eigenvalue weighted by atomic mass is 16.6. The van der Waals surface area contributed by atoms with Crippen molar-refractivity contribution in [2.24, 2.45) is 4.99 Å². The first-order valence-corrected chi connectivity index (χ1v) is 11.1. The predicted molar refractivity (Wildman–Crippen MR) is 125 cm³/mol. The molecular weight excluding hydrogens is 436 g/mol. The van der Waals surface area contributed by atoms with Crippen molar-refractivity contribution in [1.82, 2.24) is 5.32 Å². The van der Waals surface area contributed by atoms with E-state index in [4.69, 9.17) is 9.47 Å². The van der Waals surface area contributed by atoms with Crippen LogP contribution < -0.4 is 10.4 Å². The minimum absolute atomic E-state index is 0.00176. The number of ketones is 1. The summed E-state index contributed by atoms with van der Waals surface area (Å²) in [4.78, 5) is 40.0. The van der Waals surface area contributed by atoms with Crippen LogP contribution in [0.15, 0.2) is 66.2 Å². The smallest absolute Gasteiger partial charge is 0.325 e. The van der Waals surface area contributed by atoms with E-state index in [2.05, 4.69) is 16.9 Å². The van der Waals surface area contributed by atoms with Gasteiger partial charge in [0.25, 0.3) is 5.91 Å². The average molecular weight is 464 g/mol. The molecule has 2 aromatic rings. The molecule has 8 heteroatoms. The summed E-state index contributed by atoms with van der Waals surface area (Å²) < 4.78 is 10.2. The molecule has 2 aromatic carbocycles. The van der Waals surface area contributed by atoms with Crippen molar-refractivity contribution >= 4 is 23.7 Å². The molecule has 0 fully saturated rings. The van der Waals surface area contributed by atoms with Gasteiger partial charge in [0.2, 0.25) is 5.78 Å². The Morgan fingerprint density at radius 1 is 1.09 bits per heavy atom. The van der Waals surface area contributed by atoms with E-state index in [0.29, 0.717) is 6.42 Å². The number of rotatable bonds is 11. The topological polar surface area (TPSA) is 117 Å². The lowest BCUT2D eigenvalue weighted by Gasteiger charge is -2.22. The van der Waals surface area contributed by atoms with Crippen molar-refractivity contribution in [3.63, 3.8) is 0 Å². The van der Waals surface area contributed by atoms with Gasteiger partial charge in [-0.25, -0.2) is 0 Å². The van der Waals surface area contributed by atoms with Gasteiger partial charge in [-0.3, -0.25) is 19.4 Å². The van der Waals surface area contributed by atoms with E-state index < -0.39 is 36.3 Å². The third-order valence-corrected chi connectivity index (χ3v) is 5.44. The van der Waals surface area contributed by atoms with Crippen molar-refractivity contribution in [3.8, 4) is 11.1 Å². The fourth-order valence-corrected chi connectivity index (χ4v) is 3.88. The number of amides is 1. The molecule has 0 aliphatic heterocycles. The number of esters is 1. The van der Waals surface area contributed by atoms with Crippen LogP contribution in [0.3, 0.4) is 0 Å². The predicted octanol–water partition coefficient (Wildman–Crippen LogP) is 2.12. The van der Waals surface area contributed by atoms with Crippen molar-refractivity contribution in [2.45, 2.75) is 31.7 Å². The molecule has 1 atom stereocenters. The van der Waals surface area contributed by atoms with Crippen molar-refractivity contribution in [2.75, 3.05) is 19.8 Å². The summed E-state index contributed by atoms with van der Waals surface area (Å²) in [5.74, 6) is -2.77. The Bertz CT molecular complexity index is 1050. The number of hydrogen-bond donors (Lipinski definition) is 1. The van der Waals surface area contributed by atoms with Crippen LogP contribution in [-0.4, -0.2) is 49.5 Å². The summed E-state index contributed by atoms with van der Waals surface area (Å²) in [5, 5.41) is 14.7. The fraction of sp³-hybridized carbons (Fsp3) is 0.308. The van der Waals surface area contributed by atoms with Crippen LogP contribution in [-0.2, 0) is 23.9 Å². The van der Waals surface area contributed by atoms with Crippen LogP contribution in [0.1, 0.15) is 36.8 Å². The Kier molecular flexibility index (Phi) is 8.56. The normalized spacial score (nSPS) is 13.4. The average Bonchev–Trinajstić information content (AvgIpc) is 3.17. The molecule has 34 heavy (non-hydrogen) atoms. The maximum absolute atomic E-state index is 12.5. The quantitative estimate of drug-likeness (QED) is 0.179. The first kappa shape index (κ1) is 24.7. The van der Waals surface area contributed by atoms with Gasteiger partial charge < -0.3 is 19.9 Å². The van der Waals surface area contributed by atoms with Gasteiger partial charge in [-0.2, -0.15) is 0 Å². The third kappa shape index (κ3) is 5.89. The zero-order chi connectivity index (χ0) is 24.5. The van der Waals surface area contributed by atoms with Gasteiger partial charge in [0.15, 0.2) is 0 Å². The number of aliphatic imine (C=N–C) groups is 1. The van der Waals surface area contributed by atoms with Crippen LogP contribution in [0.25, 0.3) is 11.1 Å². The molecule has 0 saturated heterocycles. The van der Waals surface area contributed by atoms with Gasteiger partial charge in [0.05, 0.1) is 0 Å². The van der Waals surface area contributed by atoms with Gasteiger partial charge in [-0.05, 0) is 28.7 Å². The lowest BCUT2D eigenvalue weighted by molar-refractivity contribution is -0.251. The molecule has 0 bridgehead atoms. The molecule has 3 rings (SSSR count). The zero-order valence-corrected chi connectivity index (χ0v) is 19.0. The molecule has 0 radical (unpaired) electrons. The SMILES string of the molecule is C=CCOC(=O)CNC(=O)C(=O)[C@@H](CCC)N=C([O-])OCC1c2ccccc2-c2ccccc21. The highest BCUT2D eigenvalue weighted by Gasteiger charge is 2.27. The van der Waals surface area contributed by atoms with Crippen molar-refractivity contribution < 1.29 is 29.0 Å². The molecule has 0 heterocycles. The maximum atomic E-state index is 12.5. The largest absolute Gasteiger partial charge is 0.599 e. The summed E-state index contributed by atoms with van der Waals surface area (Å²) in [5.41, 5.74) is 4.30. The van der Waals surface area contributed by atoms with E-state index in [9.17, 15) is 19.5 Å². The second-order valence-corrected chi connectivity index (χ2v) is 7.76. The van der Waals surface area contributed by atoms with Crippen LogP contribution in [0.5, 0.6) is 0 Å². The number of hydrogen-bond acceptors (Lipinski definition) is 7. The highest BCUT2D eigenvalue weighted by molar-refractivity contribution is 6.38. The second kappa shape index (κ2) is 11.8. The maximum Gasteiger partial charge on any atom is 0.325 e. The standard InChI is InChI=1S/C26H28N2O6/c1-3-9-22(24(30)25(31)27-15-23(29)33-14-4-2)28-26(32)34-16-21-19-12-7-5-10-17(19)18-11-6-8-13-20(18)21/h4-8,10-13,21-22H,2-3,9,14-16H2,1H3,(H,27,31)(H,28,32)/p-1/t22-/m1/s1. The Balaban J connectivity index is 1.64. The van der Waals surface area contributed by atoms with E-state index in [1.807, 2.05) is 48.5 Å². The Morgan fingerprint density at radius 3 is 2.29 bits per heavy atom. The summed E-state index contributed by atoms with van der Waals surface area (Å²) in [6, 6.07) is 14.7. The van der Waals surface area contributed by atoms with Crippen molar-refractivity contribution in [3.05, 3.63) is 72.3 Å². The number of nitrogens with zero attached hydrogens (tertiary/aromatic N) is 1. The molecule has 8 nitrogen and oxygen atoms in total. The van der Waals surface area contributed by atoms with Gasteiger partial charge in [0, 0.05) is 12.5 Å². The summed E-state index contributed by atoms with van der Waals surface area (Å²) >= 11 is 0. The lowest BCUT2D eigenvalue weighted by atomic mass is 9.98. The van der Waals surface area contributed by atoms with E-state index in [-0.39, 0.29) is 25.6 Å². The van der Waals surface area contributed by atoms with Crippen LogP contribution in [0.2, 0.25) is 0 Å². The fourth-order valence-electron chi connectivity index (χ4n) is 3.88. The number of Topliss-reactive ketones (excluding diaryl/α,β-unsaturated/α-hetero) is 1. The van der Waals surface area contributed by atoms with E-state index in [1.54, 1.807) is 6.92 Å². The molecule has 0 unspecified atom stereocenters. The van der Waals surface area contributed by atoms with Crippen LogP contribution in [0.4, 0.5) is 0 Å². The number of carbonyl (C=O) groups is 3. The third-order valence-electron chi connectivity index (χ3n) is 5.44. The minimum Gasteiger partial charge on any atom is -0.599 e. The zero-order valence-electron chi connectivity index (χ0n) is 19.0. The Morgan fingerprint density at radius 2 is 1.71 bits per heavy atom. The number of carbonyl (C=O) groups excluding carboxylic acids is 3. The first-order chi connectivity index (χ1) is 16.5. The van der Waals surface area contributed by atoms with Crippen LogP contribution >= 0.6 is 0 Å². The van der Waals surface area contributed by atoms with E-state index >= 15 is 0 Å². The number of benzene rings is 2. The van der Waals surface area contributed by atoms with Gasteiger partial charge in [0.1, 0.15) is 25.3 Å². The van der Waals surface area contributed by atoms with Gasteiger partial charge in [-0.15, -0.1) is 0 Å². The molecule has 1 amide bonds. The number of nitrogens with one attached hydrogen (secondary N) is 1. The van der Waals surface area contributed by atoms with E-state index in [1.165, 1.54) is 6.08 Å². The first-order valence-electron chi connectivity index (χ1n) is 11.1. The second-order valence-electron chi connectivity index (χ2n) is 7.76. The summed E-state index contributed by atoms with van der Waals surface area (Å²) in [6.07, 6.45) is 1.18. The highest BCUT2D eigenvalue weighted by Crippen LogP contribution is 2.44. The summed E-state index contributed by atoms with van der Waals surface area (Å²) in [6.45, 7) is 4.81. The monoisotopic (exact) mass is 463 g/mol. The number of fused-ring (bicyclic) bond motifs is 3. The molecule has 178 valence electrons. The molecule has 0 spiro atoms. The van der Waals surface area contributed by atoms with Crippen molar-refractivity contribution in [1.29, 1.82) is 0 Å². The minimum atomic E-state index is -1.19. The molecule has 1 aliphatic rings. The van der Waals surface area contributed by atoms with Crippen LogP contribution in [0, 0.1) is 0 Å². The number of ether oxygens (including phenoxy) is 2. The Hall–Kier alpha value is -3.94. The molecule has 0 aromatic heterocycles. The van der Waals surface area contributed by atoms with E-state index in [0.717, 1.165) is 22.3 Å². The van der Waals surface area contributed by atoms with Gasteiger partial charge >= 0.3 is 5.97 Å². The lowest BCUT2D eigenvalue weighted by Crippen LogP contribution is -2.41. The molecule has 0 saturated carbocycles. The molecular formula is C26H27N2O6-. The summed E-state index contributed by atoms with van der Waals surface area (Å²) in [7, 11) is 0. The molecule has 1 aliphatic carbocycles.